The summed E-state index contributed by atoms with van der Waals surface area (Å²) in [5, 5.41) is 13.6. The minimum absolute atomic E-state index is 0.129. The van der Waals surface area contributed by atoms with Crippen molar-refractivity contribution in [1.29, 1.82) is 0 Å². The van der Waals surface area contributed by atoms with E-state index in [4.69, 9.17) is 38.4 Å². The number of halogens is 2. The Kier molecular flexibility index (Phi) is 24.2. The molecular weight excluding hydrogens is 1670 g/mol. The third kappa shape index (κ3) is 16.7. The molecule has 15 heterocycles. The lowest BCUT2D eigenvalue weighted by Gasteiger charge is -2.40. The fourth-order valence-corrected chi connectivity index (χ4v) is 21.5. The molecule has 0 saturated carbocycles. The van der Waals surface area contributed by atoms with E-state index in [1.807, 2.05) is 83.0 Å². The molecule has 0 aliphatic carbocycles. The second-order valence-corrected chi connectivity index (χ2v) is 37.8. The van der Waals surface area contributed by atoms with Gasteiger partial charge in [0, 0.05) is 69.0 Å². The summed E-state index contributed by atoms with van der Waals surface area (Å²) in [5.41, 5.74) is 9.42. The molecule has 0 radical (unpaired) electrons. The quantitative estimate of drug-likeness (QED) is 0.0310. The number of aromatic nitrogens is 10. The van der Waals surface area contributed by atoms with Crippen molar-refractivity contribution in [3.63, 3.8) is 0 Å². The van der Waals surface area contributed by atoms with Gasteiger partial charge in [-0.15, -0.1) is 22.7 Å². The van der Waals surface area contributed by atoms with Crippen LogP contribution < -0.4 is 30.7 Å². The van der Waals surface area contributed by atoms with Crippen molar-refractivity contribution in [2.75, 3.05) is 54.1 Å². The summed E-state index contributed by atoms with van der Waals surface area (Å²) in [7, 11) is 3.85. The maximum atomic E-state index is 16.9. The zero-order valence-electron chi connectivity index (χ0n) is 73.5. The van der Waals surface area contributed by atoms with Gasteiger partial charge in [-0.1, -0.05) is 53.7 Å². The topological polar surface area (TPSA) is 340 Å². The number of nitrogens with zero attached hydrogens (tertiary/aromatic N) is 9. The number of hydrogen-bond donors (Lipinski definition) is 8. The first-order valence-corrected chi connectivity index (χ1v) is 46.0. The third-order valence-electron chi connectivity index (χ3n) is 26.1. The van der Waals surface area contributed by atoms with E-state index < -0.39 is 66.1 Å². The van der Waals surface area contributed by atoms with Gasteiger partial charge in [-0.05, 0) is 200 Å². The molecule has 4 aromatic carbocycles. The van der Waals surface area contributed by atoms with E-state index in [1.165, 1.54) is 43.2 Å². The maximum absolute atomic E-state index is 16.9. The predicted octanol–water partition coefficient (Wildman–Crippen LogP) is 17.7. The first-order valence-electron chi connectivity index (χ1n) is 44.4. The van der Waals surface area contributed by atoms with Crippen LogP contribution in [0.4, 0.5) is 23.2 Å². The van der Waals surface area contributed by atoms with Crippen molar-refractivity contribution in [2.45, 2.75) is 193 Å². The largest absolute Gasteiger partial charge is 0.464 e. The third-order valence-corrected chi connectivity index (χ3v) is 28.6. The van der Waals surface area contributed by atoms with Gasteiger partial charge in [-0.3, -0.25) is 23.5 Å². The molecule has 19 rings (SSSR count). The first-order chi connectivity index (χ1) is 61.8. The number of fused-ring (bicyclic) bond motifs is 10. The highest BCUT2D eigenvalue weighted by Crippen LogP contribution is 2.52. The molecule has 5 fully saturated rings. The Labute approximate surface area is 747 Å². The number of aryl methyl sites for hydroxylation is 2. The zero-order valence-corrected chi connectivity index (χ0v) is 75.1. The van der Waals surface area contributed by atoms with Crippen molar-refractivity contribution in [2.24, 2.45) is 17.8 Å². The number of ether oxygens (including phenoxy) is 6. The molecular formula is C95H107F2N17O12S2. The summed E-state index contributed by atoms with van der Waals surface area (Å²) in [6.07, 6.45) is 13.6. The lowest BCUT2D eigenvalue weighted by atomic mass is 9.82. The predicted molar refractivity (Wildman–Crippen MR) is 481 cm³/mol. The second kappa shape index (κ2) is 35.8. The molecule has 33 heteroatoms. The Morgan fingerprint density at radius 1 is 0.508 bits per heavy atom. The van der Waals surface area contributed by atoms with E-state index >= 15 is 8.78 Å². The fraction of sp³-hybridized carbons (Fsp3) is 0.432. The molecule has 12 aromatic rings. The van der Waals surface area contributed by atoms with E-state index in [0.717, 1.165) is 117 Å². The Bertz CT molecular complexity index is 6200. The molecule has 10 atom stereocenters. The van der Waals surface area contributed by atoms with Crippen LogP contribution in [-0.4, -0.2) is 178 Å². The molecule has 3 unspecified atom stereocenters. The van der Waals surface area contributed by atoms with Gasteiger partial charge < -0.3 is 84.3 Å². The number of nitrogens with one attached hydrogen (secondary N) is 8. The minimum Gasteiger partial charge on any atom is -0.464 e. The highest BCUT2D eigenvalue weighted by Gasteiger charge is 2.46. The van der Waals surface area contributed by atoms with E-state index in [2.05, 4.69) is 129 Å². The van der Waals surface area contributed by atoms with E-state index in [1.54, 1.807) is 51.1 Å². The summed E-state index contributed by atoms with van der Waals surface area (Å²) in [5.74, 6) is 1.71. The molecule has 0 spiro atoms. The Morgan fingerprint density at radius 3 is 1.34 bits per heavy atom. The Hall–Kier alpha value is -12.2. The van der Waals surface area contributed by atoms with E-state index in [-0.39, 0.29) is 59.6 Å². The number of H-pyrrole nitrogens is 4. The van der Waals surface area contributed by atoms with Crippen LogP contribution in [0.5, 0.6) is 11.5 Å². The number of aromatic amines is 4. The van der Waals surface area contributed by atoms with Crippen LogP contribution in [0.2, 0.25) is 0 Å². The number of imidazole rings is 4. The van der Waals surface area contributed by atoms with Crippen molar-refractivity contribution < 1.29 is 66.0 Å². The molecule has 128 heavy (non-hydrogen) atoms. The molecule has 5 saturated heterocycles. The number of amides is 6. The average molecular weight is 1780 g/mol. The number of carbonyl (C=O) groups excluding carboxylic acids is 6. The Morgan fingerprint density at radius 2 is 0.930 bits per heavy atom. The van der Waals surface area contributed by atoms with Crippen LogP contribution >= 0.6 is 22.7 Å². The average Bonchev–Trinajstić information content (AvgIpc) is 1.56. The SMILES string of the molecule is CCc1ccc(C2Oc3cc(-c4cnc([C@@H]5CCCN5C(=O)[C@@H](NC(=O)OC)C(C)C)[nH]4)cc(F)c3-c3cc4cc(-c5cnc([C@@H]6CCCN6)[nH]5)ccc4n32)s1.CCc1ccc(C2Oc3cc(-c4cnc([C@@H]5CCCN5C(=O)[C@@H](NC(=O)OC)C(C)C)[nH]4)cc(F)c3-c3cc4cc(-c5cnc([C@@H]6CCCN6C(=O)[C@H](NC(=O)OC)C6CCOC(C)(C)C6)[nH]5)ccc4n32)s1. The van der Waals surface area contributed by atoms with Crippen LogP contribution in [0.15, 0.2) is 122 Å². The van der Waals surface area contributed by atoms with Crippen LogP contribution in [0.3, 0.4) is 0 Å². The molecule has 8 aromatic heterocycles. The summed E-state index contributed by atoms with van der Waals surface area (Å²) >= 11 is 3.36. The van der Waals surface area contributed by atoms with Crippen LogP contribution in [0.1, 0.15) is 199 Å². The monoisotopic (exact) mass is 1780 g/mol. The molecule has 8 N–H and O–H groups in total. The zero-order chi connectivity index (χ0) is 89.2. The van der Waals surface area contributed by atoms with Gasteiger partial charge in [0.05, 0.1) is 142 Å². The summed E-state index contributed by atoms with van der Waals surface area (Å²) < 4.78 is 71.9. The van der Waals surface area contributed by atoms with Crippen molar-refractivity contribution in [1.82, 2.24) is 85.0 Å². The number of hydrogen-bond acceptors (Lipinski definition) is 19. The number of carbonyl (C=O) groups is 6. The van der Waals surface area contributed by atoms with Gasteiger partial charge in [-0.2, -0.15) is 0 Å². The summed E-state index contributed by atoms with van der Waals surface area (Å²) in [4.78, 5) is 121. The second-order valence-electron chi connectivity index (χ2n) is 35.4. The fourth-order valence-electron chi connectivity index (χ4n) is 19.6. The van der Waals surface area contributed by atoms with Gasteiger partial charge in [-0.25, -0.2) is 43.1 Å². The summed E-state index contributed by atoms with van der Waals surface area (Å²) in [6, 6.07) is 28.6. The standard InChI is InChI=1S/C53H62FN9O8S.C42H45FN8O4S/c1-8-33-14-16-42(72-33)50-63-37-15-13-29(35-26-55-46(57-35)39-12-10-19-62(39)49(65)45(60-52(67)69-7)30-17-20-70-53(4,5)25-30)21-32(37)23-40(63)43-34(54)22-31(24-41(43)71-50)36-27-56-47(58-36)38-11-9-18-61(38)48(64)44(28(2)3)59-51(66)68-6;1-5-26-11-13-35(56-26)41-51-31-12-10-23(29-20-45-38(47-29)28-8-6-14-44-28)16-25(31)18-33(51)36-27(43)17-24(19-34(36)55-41)30-21-46-39(48-30)32-9-7-15-50(32)40(52)37(22(2)3)49-42(53)54-4/h13-16,21-24,26-28,30,38-39,44-45,50H,8-12,17-20,25H2,1-7H3,(H,55,57)(H,56,58)(H,59,66)(H,60,67);10-13,16-22,28,32,37,41,44H,5-9,14-15H2,1-4H3,(H,45,47)(H,46,48)(H,49,53)/t30?,38-,39-,44-,45+,50?;28-,32-,37-,41?/m00/s1. The number of thiophene rings is 2. The van der Waals surface area contributed by atoms with Gasteiger partial charge in [0.25, 0.3) is 0 Å². The smallest absolute Gasteiger partial charge is 0.407 e. The van der Waals surface area contributed by atoms with Gasteiger partial charge >= 0.3 is 18.3 Å². The molecule has 7 aliphatic rings. The highest BCUT2D eigenvalue weighted by molar-refractivity contribution is 7.12. The molecule has 29 nitrogen and oxygen atoms in total. The van der Waals surface area contributed by atoms with Crippen LogP contribution in [-0.2, 0) is 46.2 Å². The van der Waals surface area contributed by atoms with Gasteiger partial charge in [0.2, 0.25) is 30.2 Å². The lowest BCUT2D eigenvalue weighted by Crippen LogP contribution is -2.54. The lowest BCUT2D eigenvalue weighted by molar-refractivity contribution is -0.139. The maximum Gasteiger partial charge on any atom is 0.407 e. The number of alkyl carbamates (subject to hydrolysis) is 3. The molecule has 0 bridgehead atoms. The number of likely N-dealkylation sites (tertiary alicyclic amines) is 3. The minimum atomic E-state index is -0.774. The van der Waals surface area contributed by atoms with Crippen LogP contribution in [0, 0.1) is 29.4 Å². The van der Waals surface area contributed by atoms with Gasteiger partial charge in [0.1, 0.15) is 64.6 Å². The van der Waals surface area contributed by atoms with E-state index in [0.29, 0.717) is 127 Å². The molecule has 670 valence electrons. The first kappa shape index (κ1) is 86.5. The Balaban J connectivity index is 0.000000178. The van der Waals surface area contributed by atoms with E-state index in [9.17, 15) is 28.8 Å². The van der Waals surface area contributed by atoms with Crippen molar-refractivity contribution >= 4 is 80.5 Å². The highest BCUT2D eigenvalue weighted by atomic mass is 32.1. The van der Waals surface area contributed by atoms with Crippen molar-refractivity contribution in [3.05, 3.63) is 176 Å². The molecule has 6 amide bonds. The number of rotatable bonds is 21. The van der Waals surface area contributed by atoms with Crippen molar-refractivity contribution in [3.8, 4) is 79.0 Å². The molecule has 7 aliphatic heterocycles. The normalized spacial score (nSPS) is 20.5. The summed E-state index contributed by atoms with van der Waals surface area (Å²) in [6.45, 7) is 18.8. The van der Waals surface area contributed by atoms with Crippen LogP contribution in [0.25, 0.3) is 89.4 Å². The number of benzene rings is 4. The number of methoxy groups -OCH3 is 3. The van der Waals surface area contributed by atoms with Gasteiger partial charge in [0.15, 0.2) is 0 Å².